The van der Waals surface area contributed by atoms with Crippen LogP contribution in [0, 0.1) is 0 Å². The van der Waals surface area contributed by atoms with Crippen LogP contribution in [0.3, 0.4) is 0 Å². The number of hydrogen-bond donors (Lipinski definition) is 1. The number of fused-ring (bicyclic) bond motifs is 1. The maximum atomic E-state index is 13.1. The summed E-state index contributed by atoms with van der Waals surface area (Å²) in [5.74, 6) is -0.406. The highest BCUT2D eigenvalue weighted by Crippen LogP contribution is 2.32. The van der Waals surface area contributed by atoms with Crippen LogP contribution in [0.4, 0.5) is 0 Å². The molecule has 2 atom stereocenters. The summed E-state index contributed by atoms with van der Waals surface area (Å²) in [7, 11) is 0. The molecule has 1 aromatic rings. The standard InChI is InChI=1S/C19H25NO6/c1-2-24-17-11-13(7-8-16(17)26-12-18(21)22)19(23)20-9-10-25-15-6-4-3-5-14(15)20/h7-8,11,14-15H,2-6,9-10,12H2,1H3,(H,21,22)/t14-,15-/m1/s1. The molecule has 2 aliphatic rings. The minimum absolute atomic E-state index is 0.0454. The first-order valence-electron chi connectivity index (χ1n) is 9.14. The molecule has 1 aliphatic heterocycles. The number of hydrogen-bond acceptors (Lipinski definition) is 5. The lowest BCUT2D eigenvalue weighted by Crippen LogP contribution is -2.54. The third kappa shape index (κ3) is 4.09. The van der Waals surface area contributed by atoms with Crippen molar-refractivity contribution in [3.63, 3.8) is 0 Å². The molecule has 7 nitrogen and oxygen atoms in total. The fourth-order valence-corrected chi connectivity index (χ4v) is 3.68. The van der Waals surface area contributed by atoms with Gasteiger partial charge in [0.25, 0.3) is 5.91 Å². The smallest absolute Gasteiger partial charge is 0.341 e. The molecular formula is C19H25NO6. The summed E-state index contributed by atoms with van der Waals surface area (Å²) in [6.45, 7) is 2.90. The van der Waals surface area contributed by atoms with Gasteiger partial charge in [0, 0.05) is 12.1 Å². The first-order valence-corrected chi connectivity index (χ1v) is 9.14. The third-order valence-corrected chi connectivity index (χ3v) is 4.83. The van der Waals surface area contributed by atoms with E-state index in [9.17, 15) is 9.59 Å². The van der Waals surface area contributed by atoms with Crippen LogP contribution in [0.2, 0.25) is 0 Å². The zero-order valence-electron chi connectivity index (χ0n) is 15.0. The summed E-state index contributed by atoms with van der Waals surface area (Å²) in [6, 6.07) is 5.02. The van der Waals surface area contributed by atoms with E-state index in [1.54, 1.807) is 18.2 Å². The van der Waals surface area contributed by atoms with Gasteiger partial charge in [0.05, 0.1) is 25.4 Å². The minimum atomic E-state index is -1.07. The van der Waals surface area contributed by atoms with E-state index in [1.807, 2.05) is 11.8 Å². The number of amides is 1. The van der Waals surface area contributed by atoms with Gasteiger partial charge in [-0.05, 0) is 38.0 Å². The van der Waals surface area contributed by atoms with Gasteiger partial charge in [-0.1, -0.05) is 12.8 Å². The Hall–Kier alpha value is -2.28. The summed E-state index contributed by atoms with van der Waals surface area (Å²) in [4.78, 5) is 25.7. The molecule has 3 rings (SSSR count). The Kier molecular flexibility index (Phi) is 5.98. The average molecular weight is 363 g/mol. The summed E-state index contributed by atoms with van der Waals surface area (Å²) in [6.07, 6.45) is 4.36. The molecule has 1 aromatic carbocycles. The normalized spacial score (nSPS) is 22.4. The van der Waals surface area contributed by atoms with Crippen molar-refractivity contribution in [2.45, 2.75) is 44.8 Å². The highest BCUT2D eigenvalue weighted by Gasteiger charge is 2.37. The number of morpholine rings is 1. The lowest BCUT2D eigenvalue weighted by Gasteiger charge is -2.43. The topological polar surface area (TPSA) is 85.3 Å². The molecule has 1 saturated carbocycles. The van der Waals surface area contributed by atoms with Crippen molar-refractivity contribution < 1.29 is 28.9 Å². The molecule has 0 radical (unpaired) electrons. The van der Waals surface area contributed by atoms with E-state index >= 15 is 0 Å². The van der Waals surface area contributed by atoms with E-state index in [2.05, 4.69) is 0 Å². The molecule has 0 spiro atoms. The Morgan fingerprint density at radius 2 is 2.04 bits per heavy atom. The van der Waals surface area contributed by atoms with Gasteiger partial charge in [-0.25, -0.2) is 4.79 Å². The van der Waals surface area contributed by atoms with Gasteiger partial charge >= 0.3 is 5.97 Å². The first kappa shape index (κ1) is 18.5. The van der Waals surface area contributed by atoms with Crippen LogP contribution in [0.1, 0.15) is 43.0 Å². The number of benzene rings is 1. The second-order valence-electron chi connectivity index (χ2n) is 6.54. The molecule has 1 amide bonds. The van der Waals surface area contributed by atoms with Gasteiger partial charge in [-0.3, -0.25) is 4.79 Å². The van der Waals surface area contributed by atoms with Crippen LogP contribution >= 0.6 is 0 Å². The quantitative estimate of drug-likeness (QED) is 0.835. The van der Waals surface area contributed by atoms with E-state index in [4.69, 9.17) is 19.3 Å². The van der Waals surface area contributed by atoms with Crippen molar-refractivity contribution >= 4 is 11.9 Å². The molecular weight excluding hydrogens is 338 g/mol. The van der Waals surface area contributed by atoms with Gasteiger partial charge < -0.3 is 24.2 Å². The summed E-state index contributed by atoms with van der Waals surface area (Å²) >= 11 is 0. The highest BCUT2D eigenvalue weighted by atomic mass is 16.5. The van der Waals surface area contributed by atoms with Crippen molar-refractivity contribution in [1.29, 1.82) is 0 Å². The van der Waals surface area contributed by atoms with Crippen molar-refractivity contribution in [2.75, 3.05) is 26.4 Å². The minimum Gasteiger partial charge on any atom is -0.490 e. The van der Waals surface area contributed by atoms with Crippen molar-refractivity contribution in [2.24, 2.45) is 0 Å². The molecule has 0 unspecified atom stereocenters. The Balaban J connectivity index is 1.79. The van der Waals surface area contributed by atoms with Crippen LogP contribution in [-0.4, -0.2) is 60.4 Å². The summed E-state index contributed by atoms with van der Waals surface area (Å²) in [5, 5.41) is 8.78. The number of carboxylic acids is 1. The molecule has 1 aliphatic carbocycles. The number of nitrogens with zero attached hydrogens (tertiary/aromatic N) is 1. The van der Waals surface area contributed by atoms with Crippen molar-refractivity contribution in [3.8, 4) is 11.5 Å². The first-order chi connectivity index (χ1) is 12.6. The van der Waals surface area contributed by atoms with Gasteiger partial charge in [0.2, 0.25) is 0 Å². The number of carbonyl (C=O) groups is 2. The number of carbonyl (C=O) groups excluding carboxylic acids is 1. The maximum absolute atomic E-state index is 13.1. The molecule has 142 valence electrons. The second-order valence-corrected chi connectivity index (χ2v) is 6.54. The number of ether oxygens (including phenoxy) is 3. The van der Waals surface area contributed by atoms with Crippen LogP contribution in [0.5, 0.6) is 11.5 Å². The number of aliphatic carboxylic acids is 1. The lowest BCUT2D eigenvalue weighted by atomic mass is 9.89. The number of rotatable bonds is 6. The summed E-state index contributed by atoms with van der Waals surface area (Å²) < 4.78 is 16.6. The zero-order chi connectivity index (χ0) is 18.5. The Labute approximate surface area is 152 Å². The molecule has 1 saturated heterocycles. The molecule has 1 heterocycles. The van der Waals surface area contributed by atoms with E-state index in [0.29, 0.717) is 36.8 Å². The molecule has 7 heteroatoms. The summed E-state index contributed by atoms with van der Waals surface area (Å²) in [5.41, 5.74) is 0.516. The second kappa shape index (κ2) is 8.40. The van der Waals surface area contributed by atoms with E-state index in [-0.39, 0.29) is 18.1 Å². The lowest BCUT2D eigenvalue weighted by molar-refractivity contribution is -0.139. The van der Waals surface area contributed by atoms with Crippen LogP contribution < -0.4 is 9.47 Å². The van der Waals surface area contributed by atoms with Crippen LogP contribution in [-0.2, 0) is 9.53 Å². The fourth-order valence-electron chi connectivity index (χ4n) is 3.68. The van der Waals surface area contributed by atoms with Gasteiger partial charge in [-0.15, -0.1) is 0 Å². The van der Waals surface area contributed by atoms with Gasteiger partial charge in [0.1, 0.15) is 0 Å². The Morgan fingerprint density at radius 1 is 1.23 bits per heavy atom. The molecule has 26 heavy (non-hydrogen) atoms. The largest absolute Gasteiger partial charge is 0.490 e. The molecule has 1 N–H and O–H groups in total. The van der Waals surface area contributed by atoms with Crippen molar-refractivity contribution in [3.05, 3.63) is 23.8 Å². The Bertz CT molecular complexity index is 659. The zero-order valence-corrected chi connectivity index (χ0v) is 15.0. The molecule has 0 aromatic heterocycles. The average Bonchev–Trinajstić information content (AvgIpc) is 2.66. The van der Waals surface area contributed by atoms with Crippen LogP contribution in [0.25, 0.3) is 0 Å². The van der Waals surface area contributed by atoms with E-state index < -0.39 is 12.6 Å². The Morgan fingerprint density at radius 3 is 2.81 bits per heavy atom. The molecule has 0 bridgehead atoms. The predicted molar refractivity (Wildman–Crippen MR) is 93.8 cm³/mol. The number of carboxylic acid groups (broad SMARTS) is 1. The van der Waals surface area contributed by atoms with Gasteiger partial charge in [-0.2, -0.15) is 0 Å². The van der Waals surface area contributed by atoms with E-state index in [0.717, 1.165) is 25.7 Å². The fraction of sp³-hybridized carbons (Fsp3) is 0.579. The maximum Gasteiger partial charge on any atom is 0.341 e. The van der Waals surface area contributed by atoms with E-state index in [1.165, 1.54) is 0 Å². The monoisotopic (exact) mass is 363 g/mol. The SMILES string of the molecule is CCOc1cc(C(=O)N2CCO[C@@H]3CCCC[C@H]32)ccc1OCC(=O)O. The molecule has 2 fully saturated rings. The van der Waals surface area contributed by atoms with Gasteiger partial charge in [0.15, 0.2) is 18.1 Å². The predicted octanol–water partition coefficient (Wildman–Crippen LogP) is 2.33. The third-order valence-electron chi connectivity index (χ3n) is 4.83. The van der Waals surface area contributed by atoms with Crippen molar-refractivity contribution in [1.82, 2.24) is 4.90 Å². The highest BCUT2D eigenvalue weighted by molar-refractivity contribution is 5.95. The van der Waals surface area contributed by atoms with Crippen LogP contribution in [0.15, 0.2) is 18.2 Å².